The largest absolute Gasteiger partial charge is 0.495 e. The lowest BCUT2D eigenvalue weighted by Gasteiger charge is -2.35. The van der Waals surface area contributed by atoms with Crippen LogP contribution in [0.2, 0.25) is 0 Å². The summed E-state index contributed by atoms with van der Waals surface area (Å²) in [6.45, 7) is 4.71. The lowest BCUT2D eigenvalue weighted by atomic mass is 10.2. The van der Waals surface area contributed by atoms with E-state index in [1.54, 1.807) is 18.0 Å². The van der Waals surface area contributed by atoms with Crippen molar-refractivity contribution in [3.05, 3.63) is 36.7 Å². The molecule has 1 aromatic carbocycles. The molecule has 0 N–H and O–H groups in total. The molecule has 24 heavy (non-hydrogen) atoms. The Morgan fingerprint density at radius 2 is 1.88 bits per heavy atom. The van der Waals surface area contributed by atoms with Crippen molar-refractivity contribution in [2.45, 2.75) is 18.4 Å². The zero-order chi connectivity index (χ0) is 17.2. The van der Waals surface area contributed by atoms with E-state index in [4.69, 9.17) is 4.74 Å². The van der Waals surface area contributed by atoms with Crippen molar-refractivity contribution in [3.8, 4) is 5.75 Å². The highest BCUT2D eigenvalue weighted by Gasteiger charge is 2.30. The van der Waals surface area contributed by atoms with Crippen molar-refractivity contribution >= 4 is 15.7 Å². The molecule has 0 saturated carbocycles. The molecule has 1 aromatic heterocycles. The number of anilines is 1. The van der Waals surface area contributed by atoms with Crippen molar-refractivity contribution in [2.24, 2.45) is 0 Å². The van der Waals surface area contributed by atoms with Crippen LogP contribution in [0.1, 0.15) is 6.92 Å². The summed E-state index contributed by atoms with van der Waals surface area (Å²) in [5, 5.41) is 4.06. The van der Waals surface area contributed by atoms with Gasteiger partial charge < -0.3 is 9.64 Å². The first-order valence-electron chi connectivity index (χ1n) is 7.97. The summed E-state index contributed by atoms with van der Waals surface area (Å²) in [6, 6.07) is 7.79. The standard InChI is InChI=1S/C16H22N4O3S/c1-3-19-13-14(12-17-19)24(21,22)20-10-8-18(9-11-20)15-6-4-5-7-16(15)23-2/h4-7,12-13H,3,8-11H2,1-2H3. The molecule has 2 aromatic rings. The number of hydrogen-bond donors (Lipinski definition) is 0. The predicted octanol–water partition coefficient (Wildman–Crippen LogP) is 1.42. The van der Waals surface area contributed by atoms with Gasteiger partial charge in [0.15, 0.2) is 0 Å². The normalized spacial score (nSPS) is 16.3. The van der Waals surface area contributed by atoms with Crippen molar-refractivity contribution in [1.82, 2.24) is 14.1 Å². The Hall–Kier alpha value is -2.06. The highest BCUT2D eigenvalue weighted by Crippen LogP contribution is 2.29. The van der Waals surface area contributed by atoms with Gasteiger partial charge in [0.25, 0.3) is 0 Å². The summed E-state index contributed by atoms with van der Waals surface area (Å²) in [5.74, 6) is 0.804. The van der Waals surface area contributed by atoms with Crippen LogP contribution >= 0.6 is 0 Å². The fourth-order valence-electron chi connectivity index (χ4n) is 2.86. The number of ether oxygens (including phenoxy) is 1. The van der Waals surface area contributed by atoms with Crippen molar-refractivity contribution < 1.29 is 13.2 Å². The van der Waals surface area contributed by atoms with Crippen LogP contribution in [0.3, 0.4) is 0 Å². The monoisotopic (exact) mass is 350 g/mol. The Bertz CT molecular complexity index is 795. The molecule has 7 nitrogen and oxygen atoms in total. The van der Waals surface area contributed by atoms with Gasteiger partial charge in [-0.25, -0.2) is 8.42 Å². The third kappa shape index (κ3) is 3.11. The van der Waals surface area contributed by atoms with E-state index in [1.165, 1.54) is 10.5 Å². The molecule has 3 rings (SSSR count). The zero-order valence-electron chi connectivity index (χ0n) is 13.9. The van der Waals surface area contributed by atoms with E-state index in [9.17, 15) is 8.42 Å². The second-order valence-corrected chi connectivity index (χ2v) is 7.53. The molecule has 8 heteroatoms. The average molecular weight is 350 g/mol. The first kappa shape index (κ1) is 16.8. The third-order valence-electron chi connectivity index (χ3n) is 4.24. The maximum absolute atomic E-state index is 12.7. The molecule has 0 unspecified atom stereocenters. The van der Waals surface area contributed by atoms with Crippen molar-refractivity contribution in [1.29, 1.82) is 0 Å². The minimum Gasteiger partial charge on any atom is -0.495 e. The fraction of sp³-hybridized carbons (Fsp3) is 0.438. The van der Waals surface area contributed by atoms with E-state index in [1.807, 2.05) is 31.2 Å². The number of hydrogen-bond acceptors (Lipinski definition) is 5. The van der Waals surface area contributed by atoms with Crippen LogP contribution in [-0.4, -0.2) is 55.8 Å². The SMILES string of the molecule is CCn1cc(S(=O)(=O)N2CCN(c3ccccc3OC)CC2)cn1. The molecular formula is C16H22N4O3S. The van der Waals surface area contributed by atoms with Crippen LogP contribution in [-0.2, 0) is 16.6 Å². The quantitative estimate of drug-likeness (QED) is 0.816. The van der Waals surface area contributed by atoms with E-state index in [0.717, 1.165) is 11.4 Å². The van der Waals surface area contributed by atoms with E-state index < -0.39 is 10.0 Å². The lowest BCUT2D eigenvalue weighted by Crippen LogP contribution is -2.48. The van der Waals surface area contributed by atoms with E-state index in [-0.39, 0.29) is 4.90 Å². The lowest BCUT2D eigenvalue weighted by molar-refractivity contribution is 0.378. The second kappa shape index (κ2) is 6.82. The smallest absolute Gasteiger partial charge is 0.246 e. The topological polar surface area (TPSA) is 67.7 Å². The summed E-state index contributed by atoms with van der Waals surface area (Å²) in [4.78, 5) is 2.41. The molecule has 0 aliphatic carbocycles. The molecule has 2 heterocycles. The Labute approximate surface area is 142 Å². The molecule has 1 fully saturated rings. The van der Waals surface area contributed by atoms with Gasteiger partial charge in [-0.1, -0.05) is 12.1 Å². The zero-order valence-corrected chi connectivity index (χ0v) is 14.7. The molecule has 1 saturated heterocycles. The fourth-order valence-corrected chi connectivity index (χ4v) is 4.24. The maximum atomic E-state index is 12.7. The number of nitrogens with zero attached hydrogens (tertiary/aromatic N) is 4. The Kier molecular flexibility index (Phi) is 4.77. The van der Waals surface area contributed by atoms with Crippen LogP contribution < -0.4 is 9.64 Å². The molecule has 0 bridgehead atoms. The van der Waals surface area contributed by atoms with Gasteiger partial charge >= 0.3 is 0 Å². The molecule has 1 aliphatic heterocycles. The second-order valence-electron chi connectivity index (χ2n) is 5.59. The maximum Gasteiger partial charge on any atom is 0.246 e. The van der Waals surface area contributed by atoms with Crippen LogP contribution in [0.15, 0.2) is 41.6 Å². The van der Waals surface area contributed by atoms with Gasteiger partial charge in [-0.15, -0.1) is 0 Å². The molecule has 0 amide bonds. The van der Waals surface area contributed by atoms with E-state index in [2.05, 4.69) is 10.00 Å². The van der Waals surface area contributed by atoms with Crippen molar-refractivity contribution in [2.75, 3.05) is 38.2 Å². The van der Waals surface area contributed by atoms with Gasteiger partial charge in [0.2, 0.25) is 10.0 Å². The van der Waals surface area contributed by atoms with Gasteiger partial charge in [-0.05, 0) is 19.1 Å². The molecular weight excluding hydrogens is 328 g/mol. The molecule has 0 radical (unpaired) electrons. The molecule has 130 valence electrons. The first-order chi connectivity index (χ1) is 11.6. The van der Waals surface area contributed by atoms with Crippen LogP contribution in [0.5, 0.6) is 5.75 Å². The number of aryl methyl sites for hydroxylation is 1. The number of aromatic nitrogens is 2. The number of piperazine rings is 1. The average Bonchev–Trinajstić information content (AvgIpc) is 3.12. The molecule has 0 atom stereocenters. The molecule has 1 aliphatic rings. The summed E-state index contributed by atoms with van der Waals surface area (Å²) >= 11 is 0. The number of rotatable bonds is 5. The Morgan fingerprint density at radius 3 is 2.50 bits per heavy atom. The van der Waals surface area contributed by atoms with Gasteiger partial charge in [0, 0.05) is 38.9 Å². The minimum absolute atomic E-state index is 0.259. The summed E-state index contributed by atoms with van der Waals surface area (Å²) < 4.78 is 34.0. The van der Waals surface area contributed by atoms with Gasteiger partial charge in [0.1, 0.15) is 10.6 Å². The van der Waals surface area contributed by atoms with Gasteiger partial charge in [-0.3, -0.25) is 4.68 Å². The highest BCUT2D eigenvalue weighted by molar-refractivity contribution is 7.89. The van der Waals surface area contributed by atoms with Crippen LogP contribution in [0.4, 0.5) is 5.69 Å². The number of methoxy groups -OCH3 is 1. The van der Waals surface area contributed by atoms with Crippen molar-refractivity contribution in [3.63, 3.8) is 0 Å². The Balaban J connectivity index is 1.72. The number of sulfonamides is 1. The van der Waals surface area contributed by atoms with Gasteiger partial charge in [0.05, 0.1) is 19.0 Å². The predicted molar refractivity (Wildman–Crippen MR) is 91.9 cm³/mol. The summed E-state index contributed by atoms with van der Waals surface area (Å²) in [5.41, 5.74) is 0.996. The molecule has 0 spiro atoms. The minimum atomic E-state index is -3.48. The number of para-hydroxylation sites is 2. The Morgan fingerprint density at radius 1 is 1.17 bits per heavy atom. The summed E-state index contributed by atoms with van der Waals surface area (Å²) in [7, 11) is -1.84. The summed E-state index contributed by atoms with van der Waals surface area (Å²) in [6.07, 6.45) is 3.01. The third-order valence-corrected chi connectivity index (χ3v) is 6.09. The first-order valence-corrected chi connectivity index (χ1v) is 9.41. The van der Waals surface area contributed by atoms with E-state index in [0.29, 0.717) is 32.7 Å². The van der Waals surface area contributed by atoms with E-state index >= 15 is 0 Å². The number of benzene rings is 1. The van der Waals surface area contributed by atoms with Crippen LogP contribution in [0, 0.1) is 0 Å². The van der Waals surface area contributed by atoms with Gasteiger partial charge in [-0.2, -0.15) is 9.40 Å². The van der Waals surface area contributed by atoms with Crippen LogP contribution in [0.25, 0.3) is 0 Å². The highest BCUT2D eigenvalue weighted by atomic mass is 32.2.